The summed E-state index contributed by atoms with van der Waals surface area (Å²) in [7, 11) is 1.39. The molecule has 2 rings (SSSR count). The molecule has 1 aromatic carbocycles. The molecule has 0 aliphatic carbocycles. The number of esters is 1. The van der Waals surface area contributed by atoms with Crippen LogP contribution in [0.2, 0.25) is 0 Å². The fraction of sp³-hybridized carbons (Fsp3) is 0.500. The number of aromatic nitrogens is 2. The summed E-state index contributed by atoms with van der Waals surface area (Å²) in [6, 6.07) is 8.17. The Kier molecular flexibility index (Phi) is 10.0. The van der Waals surface area contributed by atoms with Crippen LogP contribution in [-0.2, 0) is 16.1 Å². The summed E-state index contributed by atoms with van der Waals surface area (Å²) in [6.45, 7) is 6.89. The Labute approximate surface area is 171 Å². The molecule has 0 bridgehead atoms. The molecule has 2 N–H and O–H groups in total. The molecule has 0 atom stereocenters. The van der Waals surface area contributed by atoms with Gasteiger partial charge in [0.25, 0.3) is 0 Å². The molecule has 0 aliphatic rings. The predicted octanol–water partition coefficient (Wildman–Crippen LogP) is 2.47. The number of aliphatic imine (C=N–C) groups is 1. The summed E-state index contributed by atoms with van der Waals surface area (Å²) in [5, 5.41) is 6.32. The van der Waals surface area contributed by atoms with Crippen molar-refractivity contribution in [3.63, 3.8) is 0 Å². The van der Waals surface area contributed by atoms with Gasteiger partial charge >= 0.3 is 5.97 Å². The summed E-state index contributed by atoms with van der Waals surface area (Å²) in [4.78, 5) is 20.3. The van der Waals surface area contributed by atoms with Gasteiger partial charge in [-0.3, -0.25) is 9.79 Å². The van der Waals surface area contributed by atoms with E-state index in [9.17, 15) is 4.79 Å². The van der Waals surface area contributed by atoms with Crippen molar-refractivity contribution in [3.05, 3.63) is 30.1 Å². The first-order valence-electron chi connectivity index (χ1n) is 8.66. The molecule has 2 aromatic rings. The zero-order valence-electron chi connectivity index (χ0n) is 15.6. The average molecular weight is 473 g/mol. The van der Waals surface area contributed by atoms with E-state index in [1.807, 2.05) is 32.0 Å². The third-order valence-electron chi connectivity index (χ3n) is 3.85. The zero-order chi connectivity index (χ0) is 18.1. The van der Waals surface area contributed by atoms with Gasteiger partial charge in [0.15, 0.2) is 5.96 Å². The third-order valence-corrected chi connectivity index (χ3v) is 3.85. The van der Waals surface area contributed by atoms with Crippen LogP contribution in [0.3, 0.4) is 0 Å². The van der Waals surface area contributed by atoms with E-state index in [0.717, 1.165) is 42.3 Å². The third kappa shape index (κ3) is 6.47. The van der Waals surface area contributed by atoms with Gasteiger partial charge in [-0.1, -0.05) is 12.1 Å². The number of ether oxygens (including phenoxy) is 1. The summed E-state index contributed by atoms with van der Waals surface area (Å²) in [6.07, 6.45) is 1.23. The molecule has 26 heavy (non-hydrogen) atoms. The first-order valence-corrected chi connectivity index (χ1v) is 8.66. The van der Waals surface area contributed by atoms with Crippen LogP contribution < -0.4 is 10.6 Å². The molecule has 8 heteroatoms. The molecule has 144 valence electrons. The number of nitrogens with one attached hydrogen (secondary N) is 2. The van der Waals surface area contributed by atoms with Crippen molar-refractivity contribution in [2.45, 2.75) is 33.2 Å². The van der Waals surface area contributed by atoms with Crippen molar-refractivity contribution >= 4 is 46.9 Å². The summed E-state index contributed by atoms with van der Waals surface area (Å²) in [5.74, 6) is 1.51. The lowest BCUT2D eigenvalue weighted by atomic mass is 10.3. The summed E-state index contributed by atoms with van der Waals surface area (Å²) in [5.41, 5.74) is 2.19. The fourth-order valence-electron chi connectivity index (χ4n) is 2.62. The number of hydrogen-bond donors (Lipinski definition) is 2. The lowest BCUT2D eigenvalue weighted by Crippen LogP contribution is -2.38. The van der Waals surface area contributed by atoms with Gasteiger partial charge in [0.1, 0.15) is 5.82 Å². The molecule has 0 spiro atoms. The number of carbonyl (C=O) groups excluding carboxylic acids is 1. The fourth-order valence-corrected chi connectivity index (χ4v) is 2.62. The van der Waals surface area contributed by atoms with Crippen LogP contribution in [0.1, 0.15) is 25.6 Å². The largest absolute Gasteiger partial charge is 0.469 e. The van der Waals surface area contributed by atoms with E-state index in [0.29, 0.717) is 19.5 Å². The highest BCUT2D eigenvalue weighted by Gasteiger charge is 2.06. The number of imidazole rings is 1. The van der Waals surface area contributed by atoms with Gasteiger partial charge < -0.3 is 19.9 Å². The second-order valence-electron chi connectivity index (χ2n) is 5.67. The highest BCUT2D eigenvalue weighted by molar-refractivity contribution is 14.0. The van der Waals surface area contributed by atoms with Gasteiger partial charge in [0.05, 0.1) is 24.6 Å². The van der Waals surface area contributed by atoms with Gasteiger partial charge in [-0.05, 0) is 32.4 Å². The second kappa shape index (κ2) is 11.7. The molecule has 0 fully saturated rings. The number of hydrogen-bond acceptors (Lipinski definition) is 4. The molecule has 1 aromatic heterocycles. The van der Waals surface area contributed by atoms with E-state index >= 15 is 0 Å². The molecular weight excluding hydrogens is 445 g/mol. The lowest BCUT2D eigenvalue weighted by molar-refractivity contribution is -0.140. The summed E-state index contributed by atoms with van der Waals surface area (Å²) < 4.78 is 6.85. The van der Waals surface area contributed by atoms with Gasteiger partial charge in [-0.25, -0.2) is 4.98 Å². The smallest absolute Gasteiger partial charge is 0.307 e. The maximum absolute atomic E-state index is 11.2. The molecule has 0 saturated carbocycles. The number of methoxy groups -OCH3 is 1. The van der Waals surface area contributed by atoms with E-state index in [1.54, 1.807) is 0 Å². The first kappa shape index (κ1) is 22.2. The van der Waals surface area contributed by atoms with Crippen LogP contribution in [0.25, 0.3) is 11.0 Å². The van der Waals surface area contributed by atoms with Crippen LogP contribution >= 0.6 is 24.0 Å². The molecule has 0 saturated heterocycles. The lowest BCUT2D eigenvalue weighted by Gasteiger charge is -2.11. The standard InChI is InChI=1S/C18H27N5O2.HI/c1-4-19-18(21-12-10-17(24)25-3)20-11-7-13-23-14(2)22-15-8-5-6-9-16(15)23;/h5-6,8-9H,4,7,10-13H2,1-3H3,(H2,19,20,21);1H. The van der Waals surface area contributed by atoms with Crippen LogP contribution in [0.15, 0.2) is 29.3 Å². The Morgan fingerprint density at radius 3 is 2.81 bits per heavy atom. The van der Waals surface area contributed by atoms with Crippen molar-refractivity contribution in [2.75, 3.05) is 26.7 Å². The average Bonchev–Trinajstić information content (AvgIpc) is 2.93. The molecule has 1 heterocycles. The van der Waals surface area contributed by atoms with E-state index in [2.05, 4.69) is 36.0 Å². The number of halogens is 1. The number of benzene rings is 1. The number of rotatable bonds is 8. The van der Waals surface area contributed by atoms with Crippen molar-refractivity contribution in [2.24, 2.45) is 4.99 Å². The van der Waals surface area contributed by atoms with E-state index in [-0.39, 0.29) is 29.9 Å². The highest BCUT2D eigenvalue weighted by atomic mass is 127. The Balaban J connectivity index is 0.00000338. The number of para-hydroxylation sites is 2. The van der Waals surface area contributed by atoms with Gasteiger partial charge in [-0.2, -0.15) is 0 Å². The van der Waals surface area contributed by atoms with E-state index in [1.165, 1.54) is 7.11 Å². The van der Waals surface area contributed by atoms with Crippen LogP contribution in [-0.4, -0.2) is 48.2 Å². The first-order chi connectivity index (χ1) is 12.2. The van der Waals surface area contributed by atoms with E-state index in [4.69, 9.17) is 0 Å². The minimum Gasteiger partial charge on any atom is -0.469 e. The monoisotopic (exact) mass is 473 g/mol. The quantitative estimate of drug-likeness (QED) is 0.203. The zero-order valence-corrected chi connectivity index (χ0v) is 17.9. The van der Waals surface area contributed by atoms with Crippen LogP contribution in [0.5, 0.6) is 0 Å². The van der Waals surface area contributed by atoms with E-state index < -0.39 is 0 Å². The van der Waals surface area contributed by atoms with Crippen molar-refractivity contribution in [1.82, 2.24) is 20.2 Å². The molecular formula is C18H28IN5O2. The molecule has 7 nitrogen and oxygen atoms in total. The number of guanidine groups is 1. The normalized spacial score (nSPS) is 11.1. The minimum atomic E-state index is -0.231. The van der Waals surface area contributed by atoms with Crippen molar-refractivity contribution in [3.8, 4) is 0 Å². The van der Waals surface area contributed by atoms with Crippen molar-refractivity contribution < 1.29 is 9.53 Å². The molecule has 0 unspecified atom stereocenters. The minimum absolute atomic E-state index is 0. The van der Waals surface area contributed by atoms with Gasteiger partial charge in [0.2, 0.25) is 0 Å². The topological polar surface area (TPSA) is 80.5 Å². The Bertz CT molecular complexity index is 729. The maximum Gasteiger partial charge on any atom is 0.307 e. The van der Waals surface area contributed by atoms with Gasteiger partial charge in [-0.15, -0.1) is 24.0 Å². The van der Waals surface area contributed by atoms with Crippen LogP contribution in [0.4, 0.5) is 0 Å². The van der Waals surface area contributed by atoms with Gasteiger partial charge in [0, 0.05) is 26.2 Å². The second-order valence-corrected chi connectivity index (χ2v) is 5.67. The van der Waals surface area contributed by atoms with Crippen molar-refractivity contribution in [1.29, 1.82) is 0 Å². The SMILES string of the molecule is CCNC(=NCCCn1c(C)nc2ccccc21)NCCC(=O)OC.I. The highest BCUT2D eigenvalue weighted by Crippen LogP contribution is 2.15. The Morgan fingerprint density at radius 2 is 2.08 bits per heavy atom. The summed E-state index contributed by atoms with van der Waals surface area (Å²) >= 11 is 0. The molecule has 0 radical (unpaired) electrons. The Morgan fingerprint density at radius 1 is 1.31 bits per heavy atom. The Hall–Kier alpha value is -1.84. The molecule has 0 aliphatic heterocycles. The number of aryl methyl sites for hydroxylation is 2. The number of nitrogens with zero attached hydrogens (tertiary/aromatic N) is 3. The number of fused-ring (bicyclic) bond motifs is 1. The van der Waals surface area contributed by atoms with Crippen LogP contribution in [0, 0.1) is 6.92 Å². The predicted molar refractivity (Wildman–Crippen MR) is 115 cm³/mol. The molecule has 0 amide bonds. The number of carbonyl (C=O) groups is 1. The maximum atomic E-state index is 11.2.